The minimum atomic E-state index is -0.663. The first-order valence-corrected chi connectivity index (χ1v) is 5.50. The Morgan fingerprint density at radius 3 is 2.59 bits per heavy atom. The molecule has 0 aliphatic carbocycles. The van der Waals surface area contributed by atoms with Crippen molar-refractivity contribution >= 4 is 11.5 Å². The van der Waals surface area contributed by atoms with E-state index in [0.717, 1.165) is 0 Å². The van der Waals surface area contributed by atoms with Crippen LogP contribution in [0.3, 0.4) is 0 Å². The molecule has 2 rings (SSSR count). The van der Waals surface area contributed by atoms with Gasteiger partial charge in [-0.3, -0.25) is 10.1 Å². The van der Waals surface area contributed by atoms with Crippen LogP contribution in [-0.4, -0.2) is 33.7 Å². The Balaban J connectivity index is 2.04. The van der Waals surface area contributed by atoms with Crippen LogP contribution in [0.15, 0.2) is 18.3 Å². The molecule has 0 radical (unpaired) electrons. The van der Waals surface area contributed by atoms with Gasteiger partial charge in [0.2, 0.25) is 0 Å². The molecule has 0 aromatic carbocycles. The highest BCUT2D eigenvalue weighted by Gasteiger charge is 2.44. The van der Waals surface area contributed by atoms with Gasteiger partial charge >= 0.3 is 0 Å². The quantitative estimate of drug-likeness (QED) is 0.631. The van der Waals surface area contributed by atoms with Crippen molar-refractivity contribution in [1.29, 1.82) is 0 Å². The lowest BCUT2D eigenvalue weighted by Crippen LogP contribution is -2.65. The van der Waals surface area contributed by atoms with E-state index < -0.39 is 10.5 Å². The van der Waals surface area contributed by atoms with Gasteiger partial charge in [-0.15, -0.1) is 0 Å². The van der Waals surface area contributed by atoms with Crippen molar-refractivity contribution in [1.82, 2.24) is 4.98 Å². The maximum absolute atomic E-state index is 10.5. The Bertz CT molecular complexity index is 424. The lowest BCUT2D eigenvalue weighted by Gasteiger charge is -2.49. The molecule has 6 heteroatoms. The highest BCUT2D eigenvalue weighted by molar-refractivity contribution is 5.46. The number of β-amino-alcohol motifs (C(OH)–C–C–N with tert-alkyl or cyclic N) is 1. The van der Waals surface area contributed by atoms with E-state index in [4.69, 9.17) is 0 Å². The number of hydrogen-bond acceptors (Lipinski definition) is 5. The van der Waals surface area contributed by atoms with Gasteiger partial charge < -0.3 is 10.0 Å². The largest absolute Gasteiger partial charge is 0.386 e. The molecule has 92 valence electrons. The van der Waals surface area contributed by atoms with E-state index in [-0.39, 0.29) is 11.6 Å². The second-order valence-corrected chi connectivity index (χ2v) is 4.75. The van der Waals surface area contributed by atoms with Crippen LogP contribution in [0.4, 0.5) is 11.5 Å². The molecule has 1 aromatic rings. The zero-order valence-electron chi connectivity index (χ0n) is 9.83. The predicted octanol–water partition coefficient (Wildman–Crippen LogP) is 1.20. The zero-order chi connectivity index (χ0) is 12.6. The molecule has 6 nitrogen and oxygen atoms in total. The number of pyridine rings is 1. The number of nitrogens with zero attached hydrogens (tertiary/aromatic N) is 3. The van der Waals surface area contributed by atoms with Gasteiger partial charge in [-0.25, -0.2) is 4.98 Å². The van der Waals surface area contributed by atoms with E-state index in [0.29, 0.717) is 18.9 Å². The van der Waals surface area contributed by atoms with Gasteiger partial charge in [-0.05, 0) is 12.0 Å². The predicted molar refractivity (Wildman–Crippen MR) is 62.9 cm³/mol. The number of rotatable bonds is 3. The number of aliphatic hydroxyl groups is 1. The summed E-state index contributed by atoms with van der Waals surface area (Å²) >= 11 is 0. The van der Waals surface area contributed by atoms with Crippen LogP contribution in [0.2, 0.25) is 0 Å². The molecule has 2 heterocycles. The molecule has 0 unspecified atom stereocenters. The first-order chi connectivity index (χ1) is 7.92. The Hall–Kier alpha value is -1.69. The number of nitro groups is 1. The van der Waals surface area contributed by atoms with Gasteiger partial charge in [0.1, 0.15) is 17.6 Å². The van der Waals surface area contributed by atoms with Crippen LogP contribution in [0.1, 0.15) is 13.8 Å². The molecular formula is C11H15N3O3. The van der Waals surface area contributed by atoms with Crippen molar-refractivity contribution in [3.63, 3.8) is 0 Å². The maximum atomic E-state index is 10.5. The number of aromatic nitrogens is 1. The van der Waals surface area contributed by atoms with Crippen LogP contribution in [0.5, 0.6) is 0 Å². The molecule has 1 N–H and O–H groups in total. The van der Waals surface area contributed by atoms with Crippen molar-refractivity contribution in [3.8, 4) is 0 Å². The van der Waals surface area contributed by atoms with E-state index in [9.17, 15) is 15.2 Å². The Kier molecular flexibility index (Phi) is 2.74. The fourth-order valence-corrected chi connectivity index (χ4v) is 1.82. The molecule has 0 spiro atoms. The third kappa shape index (κ3) is 2.08. The minimum Gasteiger partial charge on any atom is -0.386 e. The molecule has 1 aliphatic rings. The van der Waals surface area contributed by atoms with Crippen LogP contribution in [0.25, 0.3) is 0 Å². The summed E-state index contributed by atoms with van der Waals surface area (Å²) in [5.74, 6) is 0.859. The van der Waals surface area contributed by atoms with E-state index >= 15 is 0 Å². The van der Waals surface area contributed by atoms with Crippen molar-refractivity contribution in [2.45, 2.75) is 19.4 Å². The normalized spacial score (nSPS) is 18.0. The molecule has 0 bridgehead atoms. The first kappa shape index (κ1) is 11.8. The maximum Gasteiger partial charge on any atom is 0.287 e. The van der Waals surface area contributed by atoms with E-state index in [1.807, 2.05) is 18.7 Å². The van der Waals surface area contributed by atoms with E-state index in [1.54, 1.807) is 6.07 Å². The lowest BCUT2D eigenvalue weighted by atomic mass is 9.83. The summed E-state index contributed by atoms with van der Waals surface area (Å²) < 4.78 is 0. The highest BCUT2D eigenvalue weighted by Crippen LogP contribution is 2.32. The summed E-state index contributed by atoms with van der Waals surface area (Å²) in [7, 11) is 0. The van der Waals surface area contributed by atoms with Crippen molar-refractivity contribution in [2.24, 2.45) is 5.92 Å². The summed E-state index contributed by atoms with van der Waals surface area (Å²) in [6, 6.07) is 3.03. The zero-order valence-corrected chi connectivity index (χ0v) is 9.83. The van der Waals surface area contributed by atoms with Crippen molar-refractivity contribution in [3.05, 3.63) is 28.4 Å². The van der Waals surface area contributed by atoms with Crippen molar-refractivity contribution in [2.75, 3.05) is 18.0 Å². The summed E-state index contributed by atoms with van der Waals surface area (Å²) in [4.78, 5) is 15.9. The van der Waals surface area contributed by atoms with E-state index in [1.165, 1.54) is 12.3 Å². The second kappa shape index (κ2) is 3.96. The molecule has 1 saturated heterocycles. The van der Waals surface area contributed by atoms with Crippen LogP contribution >= 0.6 is 0 Å². The van der Waals surface area contributed by atoms with Gasteiger partial charge in [0.05, 0.1) is 18.0 Å². The monoisotopic (exact) mass is 237 g/mol. The summed E-state index contributed by atoms with van der Waals surface area (Å²) in [6.45, 7) is 4.99. The Morgan fingerprint density at radius 1 is 1.53 bits per heavy atom. The summed E-state index contributed by atoms with van der Waals surface area (Å²) in [5, 5.41) is 20.6. The number of hydrogen-bond donors (Lipinski definition) is 1. The average Bonchev–Trinajstić information content (AvgIpc) is 2.24. The third-order valence-electron chi connectivity index (χ3n) is 3.27. The molecule has 0 amide bonds. The minimum absolute atomic E-state index is 0.0200. The Morgan fingerprint density at radius 2 is 2.18 bits per heavy atom. The fourth-order valence-electron chi connectivity index (χ4n) is 1.82. The molecule has 17 heavy (non-hydrogen) atoms. The van der Waals surface area contributed by atoms with Crippen LogP contribution in [0, 0.1) is 16.0 Å². The SMILES string of the molecule is CC(C)C1(O)CN(c2ccc([N+](=O)[O-])cn2)C1. The topological polar surface area (TPSA) is 79.5 Å². The summed E-state index contributed by atoms with van der Waals surface area (Å²) in [5.41, 5.74) is -0.683. The van der Waals surface area contributed by atoms with Gasteiger partial charge in [0.25, 0.3) is 5.69 Å². The van der Waals surface area contributed by atoms with Crippen LogP contribution < -0.4 is 4.90 Å². The molecular weight excluding hydrogens is 222 g/mol. The third-order valence-corrected chi connectivity index (χ3v) is 3.27. The summed E-state index contributed by atoms with van der Waals surface area (Å²) in [6.07, 6.45) is 1.24. The fraction of sp³-hybridized carbons (Fsp3) is 0.545. The Labute approximate surface area is 99.0 Å². The van der Waals surface area contributed by atoms with Crippen LogP contribution in [-0.2, 0) is 0 Å². The smallest absolute Gasteiger partial charge is 0.287 e. The van der Waals surface area contributed by atoms with Gasteiger partial charge in [0, 0.05) is 6.07 Å². The van der Waals surface area contributed by atoms with Gasteiger partial charge in [-0.2, -0.15) is 0 Å². The molecule has 0 saturated carbocycles. The van der Waals surface area contributed by atoms with Gasteiger partial charge in [0.15, 0.2) is 0 Å². The molecule has 1 aromatic heterocycles. The van der Waals surface area contributed by atoms with Crippen molar-refractivity contribution < 1.29 is 10.0 Å². The highest BCUT2D eigenvalue weighted by atomic mass is 16.6. The van der Waals surface area contributed by atoms with Gasteiger partial charge in [-0.1, -0.05) is 13.8 Å². The standard InChI is InChI=1S/C11H15N3O3/c1-8(2)11(15)6-13(7-11)10-4-3-9(5-12-10)14(16)17/h3-5,8,15H,6-7H2,1-2H3. The number of anilines is 1. The molecule has 1 fully saturated rings. The second-order valence-electron chi connectivity index (χ2n) is 4.75. The molecule has 0 atom stereocenters. The molecule has 1 aliphatic heterocycles. The van der Waals surface area contributed by atoms with E-state index in [2.05, 4.69) is 4.98 Å². The lowest BCUT2D eigenvalue weighted by molar-refractivity contribution is -0.385. The average molecular weight is 237 g/mol. The first-order valence-electron chi connectivity index (χ1n) is 5.50.